The maximum Gasteiger partial charge on any atom is 0.123 e. The molecule has 0 aromatic heterocycles. The van der Waals surface area contributed by atoms with Gasteiger partial charge in [0.2, 0.25) is 0 Å². The molecule has 0 amide bonds. The van der Waals surface area contributed by atoms with Gasteiger partial charge in [0, 0.05) is 31.7 Å². The van der Waals surface area contributed by atoms with Crippen LogP contribution in [0.1, 0.15) is 5.56 Å². The number of hydrogen-bond acceptors (Lipinski definition) is 2. The Morgan fingerprint density at radius 1 is 1.19 bits per heavy atom. The van der Waals surface area contributed by atoms with E-state index in [0.717, 1.165) is 24.3 Å². The molecule has 0 bridgehead atoms. The van der Waals surface area contributed by atoms with Crippen molar-refractivity contribution in [2.45, 2.75) is 5.88 Å². The van der Waals surface area contributed by atoms with E-state index in [4.69, 9.17) is 11.6 Å². The first-order valence-corrected chi connectivity index (χ1v) is 5.78. The van der Waals surface area contributed by atoms with Crippen LogP contribution in [0.15, 0.2) is 18.2 Å². The van der Waals surface area contributed by atoms with Crippen LogP contribution in [0.3, 0.4) is 0 Å². The lowest BCUT2D eigenvalue weighted by atomic mass is 10.2. The second-order valence-corrected chi connectivity index (χ2v) is 4.40. The van der Waals surface area contributed by atoms with Crippen LogP contribution in [0.4, 0.5) is 10.1 Å². The number of hydrogen-bond donors (Lipinski definition) is 0. The molecule has 0 spiro atoms. The topological polar surface area (TPSA) is 6.48 Å². The largest absolute Gasteiger partial charge is 0.373 e. The standard InChI is InChI=1S/C12H18ClFN2/c1-15(2)6-7-16(3)12-5-4-11(14)8-10(12)9-13/h4-5,8H,6-7,9H2,1-3H3. The highest BCUT2D eigenvalue weighted by Gasteiger charge is 2.08. The molecular formula is C12H18ClFN2. The minimum Gasteiger partial charge on any atom is -0.373 e. The summed E-state index contributed by atoms with van der Waals surface area (Å²) in [7, 11) is 6.05. The quantitative estimate of drug-likeness (QED) is 0.735. The first kappa shape index (κ1) is 13.3. The van der Waals surface area contributed by atoms with Crippen LogP contribution >= 0.6 is 11.6 Å². The van der Waals surface area contributed by atoms with Gasteiger partial charge in [-0.15, -0.1) is 11.6 Å². The van der Waals surface area contributed by atoms with Crippen LogP contribution in [-0.4, -0.2) is 39.1 Å². The molecule has 16 heavy (non-hydrogen) atoms. The Hall–Kier alpha value is -0.800. The first-order valence-electron chi connectivity index (χ1n) is 5.25. The van der Waals surface area contributed by atoms with E-state index in [1.807, 2.05) is 21.1 Å². The SMILES string of the molecule is CN(C)CCN(C)c1ccc(F)cc1CCl. The first-order chi connectivity index (χ1) is 7.54. The summed E-state index contributed by atoms with van der Waals surface area (Å²) in [4.78, 5) is 4.21. The summed E-state index contributed by atoms with van der Waals surface area (Å²) in [6, 6.07) is 4.74. The van der Waals surface area contributed by atoms with E-state index in [9.17, 15) is 4.39 Å². The van der Waals surface area contributed by atoms with Crippen molar-refractivity contribution < 1.29 is 4.39 Å². The van der Waals surface area contributed by atoms with Gasteiger partial charge in [-0.1, -0.05) is 0 Å². The summed E-state index contributed by atoms with van der Waals surface area (Å²) in [5.41, 5.74) is 1.83. The number of likely N-dealkylation sites (N-methyl/N-ethyl adjacent to an activating group) is 2. The van der Waals surface area contributed by atoms with Gasteiger partial charge in [-0.25, -0.2) is 4.39 Å². The van der Waals surface area contributed by atoms with E-state index < -0.39 is 0 Å². The van der Waals surface area contributed by atoms with Gasteiger partial charge in [0.1, 0.15) is 5.82 Å². The van der Waals surface area contributed by atoms with Crippen molar-refractivity contribution in [2.24, 2.45) is 0 Å². The number of nitrogens with zero attached hydrogens (tertiary/aromatic N) is 2. The molecule has 4 heteroatoms. The van der Waals surface area contributed by atoms with Crippen molar-refractivity contribution in [3.05, 3.63) is 29.6 Å². The van der Waals surface area contributed by atoms with Crippen LogP contribution in [-0.2, 0) is 5.88 Å². The molecule has 0 unspecified atom stereocenters. The van der Waals surface area contributed by atoms with Gasteiger partial charge < -0.3 is 9.80 Å². The molecule has 0 N–H and O–H groups in total. The summed E-state index contributed by atoms with van der Waals surface area (Å²) >= 11 is 5.81. The van der Waals surface area contributed by atoms with Crippen LogP contribution < -0.4 is 4.90 Å². The van der Waals surface area contributed by atoms with E-state index in [2.05, 4.69) is 9.80 Å². The summed E-state index contributed by atoms with van der Waals surface area (Å²) in [5.74, 6) is 0.0970. The molecule has 0 heterocycles. The third-order valence-electron chi connectivity index (χ3n) is 2.48. The Balaban J connectivity index is 2.77. The van der Waals surface area contributed by atoms with Gasteiger partial charge >= 0.3 is 0 Å². The lowest BCUT2D eigenvalue weighted by Crippen LogP contribution is -2.29. The van der Waals surface area contributed by atoms with Crippen molar-refractivity contribution in [1.82, 2.24) is 4.90 Å². The van der Waals surface area contributed by atoms with Crippen molar-refractivity contribution in [3.8, 4) is 0 Å². The fourth-order valence-corrected chi connectivity index (χ4v) is 1.72. The van der Waals surface area contributed by atoms with E-state index >= 15 is 0 Å². The number of anilines is 1. The summed E-state index contributed by atoms with van der Waals surface area (Å²) in [6.45, 7) is 1.85. The van der Waals surface area contributed by atoms with Gasteiger partial charge in [0.25, 0.3) is 0 Å². The normalized spacial score (nSPS) is 10.9. The molecule has 0 fully saturated rings. The highest BCUT2D eigenvalue weighted by molar-refractivity contribution is 6.17. The minimum atomic E-state index is -0.236. The summed E-state index contributed by atoms with van der Waals surface area (Å²) in [6.07, 6.45) is 0. The summed E-state index contributed by atoms with van der Waals surface area (Å²) in [5, 5.41) is 0. The Kier molecular flexibility index (Phi) is 5.03. The second kappa shape index (κ2) is 6.06. The van der Waals surface area contributed by atoms with Crippen molar-refractivity contribution >= 4 is 17.3 Å². The zero-order chi connectivity index (χ0) is 12.1. The van der Waals surface area contributed by atoms with E-state index in [0.29, 0.717) is 5.88 Å². The number of benzene rings is 1. The Morgan fingerprint density at radius 3 is 2.44 bits per heavy atom. The molecule has 0 aliphatic carbocycles. The van der Waals surface area contributed by atoms with Crippen molar-refractivity contribution in [2.75, 3.05) is 39.1 Å². The molecule has 0 aliphatic rings. The van der Waals surface area contributed by atoms with E-state index in [1.54, 1.807) is 6.07 Å². The zero-order valence-corrected chi connectivity index (χ0v) is 10.8. The van der Waals surface area contributed by atoms with Gasteiger partial charge in [-0.05, 0) is 37.9 Å². The Bertz CT molecular complexity index is 342. The van der Waals surface area contributed by atoms with E-state index in [1.165, 1.54) is 12.1 Å². The molecule has 90 valence electrons. The monoisotopic (exact) mass is 244 g/mol. The third-order valence-corrected chi connectivity index (χ3v) is 2.77. The molecule has 1 aromatic rings. The Morgan fingerprint density at radius 2 is 1.88 bits per heavy atom. The van der Waals surface area contributed by atoms with Crippen molar-refractivity contribution in [1.29, 1.82) is 0 Å². The molecule has 1 rings (SSSR count). The molecule has 0 radical (unpaired) electrons. The molecule has 0 saturated carbocycles. The van der Waals surface area contributed by atoms with Gasteiger partial charge in [-0.3, -0.25) is 0 Å². The lowest BCUT2D eigenvalue weighted by molar-refractivity contribution is 0.416. The maximum absolute atomic E-state index is 13.0. The fourth-order valence-electron chi connectivity index (χ4n) is 1.50. The molecule has 0 aliphatic heterocycles. The molecule has 2 nitrogen and oxygen atoms in total. The Labute approximate surface area is 102 Å². The zero-order valence-electron chi connectivity index (χ0n) is 10.0. The summed E-state index contributed by atoms with van der Waals surface area (Å²) < 4.78 is 13.0. The molecule has 1 aromatic carbocycles. The highest BCUT2D eigenvalue weighted by Crippen LogP contribution is 2.22. The van der Waals surface area contributed by atoms with Gasteiger partial charge in [0.05, 0.1) is 0 Å². The van der Waals surface area contributed by atoms with Gasteiger partial charge in [-0.2, -0.15) is 0 Å². The molecular weight excluding hydrogens is 227 g/mol. The third kappa shape index (κ3) is 3.65. The minimum absolute atomic E-state index is 0.236. The molecule has 0 atom stereocenters. The fraction of sp³-hybridized carbons (Fsp3) is 0.500. The average Bonchev–Trinajstić information content (AvgIpc) is 2.25. The molecule has 0 saturated heterocycles. The predicted octanol–water partition coefficient (Wildman–Crippen LogP) is 2.56. The van der Waals surface area contributed by atoms with Crippen LogP contribution in [0.2, 0.25) is 0 Å². The maximum atomic E-state index is 13.0. The lowest BCUT2D eigenvalue weighted by Gasteiger charge is -2.23. The van der Waals surface area contributed by atoms with E-state index in [-0.39, 0.29) is 5.82 Å². The van der Waals surface area contributed by atoms with Crippen LogP contribution in [0, 0.1) is 5.82 Å². The highest BCUT2D eigenvalue weighted by atomic mass is 35.5. The van der Waals surface area contributed by atoms with Crippen LogP contribution in [0.25, 0.3) is 0 Å². The predicted molar refractivity (Wildman–Crippen MR) is 67.8 cm³/mol. The smallest absolute Gasteiger partial charge is 0.123 e. The van der Waals surface area contributed by atoms with Crippen molar-refractivity contribution in [3.63, 3.8) is 0 Å². The number of alkyl halides is 1. The number of rotatable bonds is 5. The van der Waals surface area contributed by atoms with Gasteiger partial charge in [0.15, 0.2) is 0 Å². The number of halogens is 2. The average molecular weight is 245 g/mol. The second-order valence-electron chi connectivity index (χ2n) is 4.13. The van der Waals surface area contributed by atoms with Crippen LogP contribution in [0.5, 0.6) is 0 Å².